The summed E-state index contributed by atoms with van der Waals surface area (Å²) in [5.41, 5.74) is 1.97. The standard InChI is InChI=1S/C27H42N4O3/c1-3-23-20-31(24-19-21(2)9-10-25(24)34-23)27(33)30-17-11-22(12-18-30)26(32)28-13-8-16-29-14-6-4-5-7-15-29/h9-10,19,22-23H,3-8,11-18,20H2,1-2H3,(H,28,32)/t23-/m0/s1. The topological polar surface area (TPSA) is 65.1 Å². The Morgan fingerprint density at radius 1 is 1.06 bits per heavy atom. The number of benzene rings is 1. The third-order valence-electron chi connectivity index (χ3n) is 7.56. The van der Waals surface area contributed by atoms with Crippen molar-refractivity contribution in [1.82, 2.24) is 15.1 Å². The largest absolute Gasteiger partial charge is 0.486 e. The molecule has 4 rings (SSSR count). The van der Waals surface area contributed by atoms with Crippen LogP contribution in [-0.4, -0.2) is 73.7 Å². The molecular weight excluding hydrogens is 428 g/mol. The molecule has 2 saturated heterocycles. The van der Waals surface area contributed by atoms with Gasteiger partial charge in [-0.25, -0.2) is 4.79 Å². The molecule has 0 saturated carbocycles. The van der Waals surface area contributed by atoms with Gasteiger partial charge in [0.25, 0.3) is 0 Å². The van der Waals surface area contributed by atoms with Crippen molar-refractivity contribution in [1.29, 1.82) is 0 Å². The molecule has 0 aliphatic carbocycles. The van der Waals surface area contributed by atoms with Crippen LogP contribution in [0.3, 0.4) is 0 Å². The molecule has 188 valence electrons. The Bertz CT molecular complexity index is 829. The van der Waals surface area contributed by atoms with Crippen molar-refractivity contribution in [2.45, 2.75) is 71.3 Å². The van der Waals surface area contributed by atoms with Crippen LogP contribution in [0.1, 0.15) is 63.9 Å². The van der Waals surface area contributed by atoms with E-state index in [9.17, 15) is 9.59 Å². The first-order chi connectivity index (χ1) is 16.5. The van der Waals surface area contributed by atoms with Crippen LogP contribution >= 0.6 is 0 Å². The maximum absolute atomic E-state index is 13.4. The SMILES string of the molecule is CC[C@H]1CN(C(=O)N2CCC(C(=O)NCCCN3CCCCCC3)CC2)c2cc(C)ccc2O1. The lowest BCUT2D eigenvalue weighted by Gasteiger charge is -2.39. The molecule has 0 unspecified atom stereocenters. The summed E-state index contributed by atoms with van der Waals surface area (Å²) in [6, 6.07) is 6.06. The number of hydrogen-bond acceptors (Lipinski definition) is 4. The van der Waals surface area contributed by atoms with Gasteiger partial charge in [0, 0.05) is 25.6 Å². The number of piperidine rings is 1. The number of ether oxygens (including phenoxy) is 1. The number of carbonyl (C=O) groups is 2. The van der Waals surface area contributed by atoms with Crippen molar-refractivity contribution in [2.24, 2.45) is 5.92 Å². The number of rotatable bonds is 6. The number of urea groups is 1. The lowest BCUT2D eigenvalue weighted by atomic mass is 9.96. The highest BCUT2D eigenvalue weighted by atomic mass is 16.5. The van der Waals surface area contributed by atoms with Crippen molar-refractivity contribution in [3.63, 3.8) is 0 Å². The zero-order valence-electron chi connectivity index (χ0n) is 21.1. The van der Waals surface area contributed by atoms with Gasteiger partial charge in [-0.3, -0.25) is 9.69 Å². The Morgan fingerprint density at radius 3 is 2.50 bits per heavy atom. The zero-order chi connectivity index (χ0) is 23.9. The summed E-state index contributed by atoms with van der Waals surface area (Å²) in [4.78, 5) is 32.5. The van der Waals surface area contributed by atoms with E-state index in [1.807, 2.05) is 34.9 Å². The van der Waals surface area contributed by atoms with E-state index in [-0.39, 0.29) is 24.0 Å². The predicted molar refractivity (Wildman–Crippen MR) is 135 cm³/mol. The van der Waals surface area contributed by atoms with Crippen LogP contribution in [0.25, 0.3) is 0 Å². The van der Waals surface area contributed by atoms with Gasteiger partial charge in [0.2, 0.25) is 5.91 Å². The minimum Gasteiger partial charge on any atom is -0.486 e. The number of aryl methyl sites for hydroxylation is 1. The van der Waals surface area contributed by atoms with E-state index in [4.69, 9.17) is 4.74 Å². The van der Waals surface area contributed by atoms with Crippen LogP contribution in [0, 0.1) is 12.8 Å². The third-order valence-corrected chi connectivity index (χ3v) is 7.56. The minimum absolute atomic E-state index is 0.00449. The fraction of sp³-hybridized carbons (Fsp3) is 0.704. The smallest absolute Gasteiger partial charge is 0.324 e. The van der Waals surface area contributed by atoms with Gasteiger partial charge in [-0.15, -0.1) is 0 Å². The van der Waals surface area contributed by atoms with Crippen molar-refractivity contribution in [3.8, 4) is 5.75 Å². The molecule has 34 heavy (non-hydrogen) atoms. The second-order valence-electron chi connectivity index (χ2n) is 10.2. The van der Waals surface area contributed by atoms with Gasteiger partial charge in [0.15, 0.2) is 0 Å². The lowest BCUT2D eigenvalue weighted by Crippen LogP contribution is -2.52. The van der Waals surface area contributed by atoms with Gasteiger partial charge in [0.05, 0.1) is 12.2 Å². The number of amides is 3. The first-order valence-electron chi connectivity index (χ1n) is 13.4. The van der Waals surface area contributed by atoms with Gasteiger partial charge in [-0.1, -0.05) is 25.8 Å². The second kappa shape index (κ2) is 11.9. The van der Waals surface area contributed by atoms with Gasteiger partial charge in [-0.2, -0.15) is 0 Å². The van der Waals surface area contributed by atoms with E-state index in [0.29, 0.717) is 19.6 Å². The van der Waals surface area contributed by atoms with Crippen LogP contribution in [-0.2, 0) is 4.79 Å². The molecule has 7 nitrogen and oxygen atoms in total. The van der Waals surface area contributed by atoms with Gasteiger partial charge < -0.3 is 19.9 Å². The Labute approximate surface area is 204 Å². The molecule has 2 fully saturated rings. The van der Waals surface area contributed by atoms with Gasteiger partial charge >= 0.3 is 6.03 Å². The summed E-state index contributed by atoms with van der Waals surface area (Å²) >= 11 is 0. The van der Waals surface area contributed by atoms with Crippen molar-refractivity contribution in [3.05, 3.63) is 23.8 Å². The summed E-state index contributed by atoms with van der Waals surface area (Å²) in [6.45, 7) is 10.2. The third kappa shape index (κ3) is 6.23. The Hall–Kier alpha value is -2.28. The molecule has 0 aromatic heterocycles. The molecule has 3 amide bonds. The average molecular weight is 471 g/mol. The number of hydrogen-bond donors (Lipinski definition) is 1. The number of likely N-dealkylation sites (tertiary alicyclic amines) is 2. The molecule has 0 spiro atoms. The molecule has 1 atom stereocenters. The van der Waals surface area contributed by atoms with Crippen LogP contribution < -0.4 is 15.0 Å². The number of carbonyl (C=O) groups excluding carboxylic acids is 2. The first kappa shape index (κ1) is 24.8. The molecule has 1 aromatic rings. The van der Waals surface area contributed by atoms with Crippen LogP contribution in [0.4, 0.5) is 10.5 Å². The van der Waals surface area contributed by atoms with Crippen molar-refractivity contribution >= 4 is 17.6 Å². The first-order valence-corrected chi connectivity index (χ1v) is 13.4. The lowest BCUT2D eigenvalue weighted by molar-refractivity contribution is -0.126. The highest BCUT2D eigenvalue weighted by Crippen LogP contribution is 2.36. The number of anilines is 1. The van der Waals surface area contributed by atoms with E-state index in [1.165, 1.54) is 38.8 Å². The second-order valence-corrected chi connectivity index (χ2v) is 10.2. The molecule has 1 aromatic carbocycles. The molecule has 0 radical (unpaired) electrons. The number of fused-ring (bicyclic) bond motifs is 1. The van der Waals surface area contributed by atoms with E-state index in [0.717, 1.165) is 55.8 Å². The highest BCUT2D eigenvalue weighted by molar-refractivity contribution is 5.94. The predicted octanol–water partition coefficient (Wildman–Crippen LogP) is 4.19. The molecule has 3 aliphatic heterocycles. The van der Waals surface area contributed by atoms with Gasteiger partial charge in [0.1, 0.15) is 11.9 Å². The van der Waals surface area contributed by atoms with Gasteiger partial charge in [-0.05, 0) is 82.8 Å². The molecule has 7 heteroatoms. The zero-order valence-corrected chi connectivity index (χ0v) is 21.1. The molecular formula is C27H42N4O3. The van der Waals surface area contributed by atoms with E-state index < -0.39 is 0 Å². The summed E-state index contributed by atoms with van der Waals surface area (Å²) in [5, 5.41) is 3.15. The molecule has 3 aliphatic rings. The minimum atomic E-state index is 0.00449. The Kier molecular flexibility index (Phi) is 8.70. The monoisotopic (exact) mass is 470 g/mol. The van der Waals surface area contributed by atoms with Crippen molar-refractivity contribution < 1.29 is 14.3 Å². The maximum atomic E-state index is 13.4. The van der Waals surface area contributed by atoms with E-state index in [2.05, 4.69) is 17.1 Å². The maximum Gasteiger partial charge on any atom is 0.324 e. The summed E-state index contributed by atoms with van der Waals surface area (Å²) < 4.78 is 6.08. The molecule has 0 bridgehead atoms. The summed E-state index contributed by atoms with van der Waals surface area (Å²) in [7, 11) is 0. The quantitative estimate of drug-likeness (QED) is 0.634. The molecule has 1 N–H and O–H groups in total. The van der Waals surface area contributed by atoms with E-state index >= 15 is 0 Å². The number of nitrogens with zero attached hydrogens (tertiary/aromatic N) is 3. The summed E-state index contributed by atoms with van der Waals surface area (Å²) in [6.07, 6.45) is 8.65. The normalized spacial score (nSPS) is 22.0. The van der Waals surface area contributed by atoms with E-state index in [1.54, 1.807) is 0 Å². The van der Waals surface area contributed by atoms with Crippen molar-refractivity contribution in [2.75, 3.05) is 50.7 Å². The summed E-state index contributed by atoms with van der Waals surface area (Å²) in [5.74, 6) is 0.942. The number of nitrogens with one attached hydrogen (secondary N) is 1. The Morgan fingerprint density at radius 2 is 1.79 bits per heavy atom. The van der Waals surface area contributed by atoms with Crippen LogP contribution in [0.5, 0.6) is 5.75 Å². The fourth-order valence-electron chi connectivity index (χ4n) is 5.37. The van der Waals surface area contributed by atoms with Crippen LogP contribution in [0.15, 0.2) is 18.2 Å². The Balaban J connectivity index is 1.23. The fourth-order valence-corrected chi connectivity index (χ4v) is 5.37. The van der Waals surface area contributed by atoms with Crippen LogP contribution in [0.2, 0.25) is 0 Å². The molecule has 3 heterocycles. The average Bonchev–Trinajstić information content (AvgIpc) is 3.14. The highest BCUT2D eigenvalue weighted by Gasteiger charge is 2.34.